The molecule has 2 nitrogen and oxygen atoms in total. The Morgan fingerprint density at radius 2 is 2.00 bits per heavy atom. The van der Waals surface area contributed by atoms with Crippen molar-refractivity contribution < 1.29 is 4.57 Å². The maximum Gasteiger partial charge on any atom is 0.280 e. The summed E-state index contributed by atoms with van der Waals surface area (Å²) in [6.07, 6.45) is 1.98. The van der Waals surface area contributed by atoms with Gasteiger partial charge in [-0.2, -0.15) is 0 Å². The molecule has 2 heteroatoms. The summed E-state index contributed by atoms with van der Waals surface area (Å²) in [5.74, 6) is 0.817. The number of rotatable bonds is 0. The molecule has 1 aromatic heterocycles. The van der Waals surface area contributed by atoms with Gasteiger partial charge in [0.1, 0.15) is 0 Å². The van der Waals surface area contributed by atoms with Gasteiger partial charge in [-0.3, -0.25) is 5.73 Å². The highest BCUT2D eigenvalue weighted by Gasteiger charge is 2.05. The molecule has 13 heavy (non-hydrogen) atoms. The first kappa shape index (κ1) is 8.05. The van der Waals surface area contributed by atoms with E-state index in [9.17, 15) is 0 Å². The molecular formula is C11H13N2+. The smallest absolute Gasteiger partial charge is 0.280 e. The van der Waals surface area contributed by atoms with Crippen LogP contribution < -0.4 is 10.3 Å². The van der Waals surface area contributed by atoms with E-state index >= 15 is 0 Å². The summed E-state index contributed by atoms with van der Waals surface area (Å²) in [6, 6.07) is 8.38. The molecule has 2 rings (SSSR count). The molecule has 0 fully saturated rings. The molecule has 1 aromatic carbocycles. The Morgan fingerprint density at radius 1 is 1.23 bits per heavy atom. The third-order valence-corrected chi connectivity index (χ3v) is 2.34. The predicted octanol–water partition coefficient (Wildman–Crippen LogP) is 1.55. The lowest BCUT2D eigenvalue weighted by atomic mass is 10.1. The Bertz CT molecular complexity index is 461. The number of hydrogen-bond acceptors (Lipinski definition) is 1. The van der Waals surface area contributed by atoms with Crippen molar-refractivity contribution in [2.24, 2.45) is 7.05 Å². The molecule has 0 radical (unpaired) electrons. The van der Waals surface area contributed by atoms with E-state index in [1.54, 1.807) is 0 Å². The monoisotopic (exact) mass is 173 g/mol. The fraction of sp³-hybridized carbons (Fsp3) is 0.182. The van der Waals surface area contributed by atoms with Crippen molar-refractivity contribution in [3.63, 3.8) is 0 Å². The number of pyridine rings is 1. The normalized spacial score (nSPS) is 10.6. The van der Waals surface area contributed by atoms with E-state index in [0.717, 1.165) is 11.2 Å². The Hall–Kier alpha value is -1.57. The maximum absolute atomic E-state index is 5.93. The van der Waals surface area contributed by atoms with Gasteiger partial charge in [0, 0.05) is 0 Å². The highest BCUT2D eigenvalue weighted by molar-refractivity contribution is 5.89. The van der Waals surface area contributed by atoms with Crippen LogP contribution in [0.25, 0.3) is 10.8 Å². The van der Waals surface area contributed by atoms with Crippen LogP contribution in [0.15, 0.2) is 30.5 Å². The SMILES string of the molecule is Cc1ccc2c(N)[n+](C)ccc2c1. The van der Waals surface area contributed by atoms with Gasteiger partial charge in [-0.25, -0.2) is 4.57 Å². The lowest BCUT2D eigenvalue weighted by Crippen LogP contribution is -2.31. The summed E-state index contributed by atoms with van der Waals surface area (Å²) >= 11 is 0. The maximum atomic E-state index is 5.93. The van der Waals surface area contributed by atoms with Crippen LogP contribution in [0.2, 0.25) is 0 Å². The van der Waals surface area contributed by atoms with Gasteiger partial charge >= 0.3 is 0 Å². The third-order valence-electron chi connectivity index (χ3n) is 2.34. The van der Waals surface area contributed by atoms with E-state index < -0.39 is 0 Å². The van der Waals surface area contributed by atoms with Crippen LogP contribution >= 0.6 is 0 Å². The van der Waals surface area contributed by atoms with E-state index in [-0.39, 0.29) is 0 Å². The van der Waals surface area contributed by atoms with Crippen LogP contribution in [0.4, 0.5) is 5.82 Å². The number of aromatic nitrogens is 1. The minimum Gasteiger partial charge on any atom is -0.286 e. The summed E-state index contributed by atoms with van der Waals surface area (Å²) < 4.78 is 1.93. The van der Waals surface area contributed by atoms with Crippen LogP contribution in [0.3, 0.4) is 0 Å². The largest absolute Gasteiger partial charge is 0.286 e. The molecule has 0 aliphatic heterocycles. The van der Waals surface area contributed by atoms with Crippen molar-refractivity contribution in [3.8, 4) is 0 Å². The number of aryl methyl sites for hydroxylation is 2. The van der Waals surface area contributed by atoms with Crippen molar-refractivity contribution >= 4 is 16.6 Å². The average molecular weight is 173 g/mol. The number of nitrogens with zero attached hydrogens (tertiary/aromatic N) is 1. The number of fused-ring (bicyclic) bond motifs is 1. The Labute approximate surface area is 77.6 Å². The molecule has 0 aliphatic rings. The highest BCUT2D eigenvalue weighted by Crippen LogP contribution is 2.18. The second-order valence-electron chi connectivity index (χ2n) is 3.40. The van der Waals surface area contributed by atoms with Gasteiger partial charge in [-0.05, 0) is 24.4 Å². The lowest BCUT2D eigenvalue weighted by molar-refractivity contribution is -0.655. The van der Waals surface area contributed by atoms with E-state index in [2.05, 4.69) is 31.2 Å². The first-order valence-electron chi connectivity index (χ1n) is 4.33. The Morgan fingerprint density at radius 3 is 2.77 bits per heavy atom. The van der Waals surface area contributed by atoms with Gasteiger partial charge in [0.05, 0.1) is 18.6 Å². The third kappa shape index (κ3) is 1.24. The van der Waals surface area contributed by atoms with Crippen LogP contribution in [-0.4, -0.2) is 0 Å². The molecule has 0 bridgehead atoms. The molecule has 0 unspecified atom stereocenters. The van der Waals surface area contributed by atoms with Crippen LogP contribution in [0.1, 0.15) is 5.56 Å². The summed E-state index contributed by atoms with van der Waals surface area (Å²) in [6.45, 7) is 2.09. The van der Waals surface area contributed by atoms with Crippen LogP contribution in [0.5, 0.6) is 0 Å². The van der Waals surface area contributed by atoms with Crippen molar-refractivity contribution in [3.05, 3.63) is 36.0 Å². The second-order valence-corrected chi connectivity index (χ2v) is 3.40. The zero-order valence-corrected chi connectivity index (χ0v) is 7.91. The standard InChI is InChI=1S/C11H12N2/c1-8-3-4-10-9(7-8)5-6-13(2)11(10)12/h3-7,12H,1-2H3/p+1. The summed E-state index contributed by atoms with van der Waals surface area (Å²) in [7, 11) is 1.95. The molecule has 66 valence electrons. The molecule has 0 spiro atoms. The number of hydrogen-bond donors (Lipinski definition) is 1. The van der Waals surface area contributed by atoms with Gasteiger partial charge in [0.15, 0.2) is 0 Å². The van der Waals surface area contributed by atoms with Crippen LogP contribution in [-0.2, 0) is 7.05 Å². The van der Waals surface area contributed by atoms with Gasteiger partial charge in [0.25, 0.3) is 5.82 Å². The molecule has 0 aliphatic carbocycles. The van der Waals surface area contributed by atoms with Crippen LogP contribution in [0, 0.1) is 6.92 Å². The number of anilines is 1. The molecule has 0 amide bonds. The molecule has 2 N–H and O–H groups in total. The summed E-state index contributed by atoms with van der Waals surface area (Å²) in [4.78, 5) is 0. The fourth-order valence-corrected chi connectivity index (χ4v) is 1.52. The number of nitrogen functional groups attached to an aromatic ring is 1. The zero-order valence-electron chi connectivity index (χ0n) is 7.91. The minimum atomic E-state index is 0.817. The topological polar surface area (TPSA) is 29.9 Å². The first-order chi connectivity index (χ1) is 6.18. The summed E-state index contributed by atoms with van der Waals surface area (Å²) in [5, 5.41) is 2.33. The molecule has 0 saturated carbocycles. The highest BCUT2D eigenvalue weighted by atomic mass is 15.0. The quantitative estimate of drug-likeness (QED) is 0.602. The molecule has 1 heterocycles. The minimum absolute atomic E-state index is 0.817. The number of nitrogens with two attached hydrogens (primary N) is 1. The fourth-order valence-electron chi connectivity index (χ4n) is 1.52. The van der Waals surface area contributed by atoms with Gasteiger partial charge in [-0.15, -0.1) is 0 Å². The van der Waals surface area contributed by atoms with Gasteiger partial charge in [-0.1, -0.05) is 17.7 Å². The average Bonchev–Trinajstić information content (AvgIpc) is 2.12. The predicted molar refractivity (Wildman–Crippen MR) is 54.3 cm³/mol. The van der Waals surface area contributed by atoms with Crippen molar-refractivity contribution in [2.75, 3.05) is 5.73 Å². The first-order valence-corrected chi connectivity index (χ1v) is 4.33. The number of benzene rings is 1. The molecule has 2 aromatic rings. The van der Waals surface area contributed by atoms with Crippen molar-refractivity contribution in [1.29, 1.82) is 0 Å². The molecular weight excluding hydrogens is 160 g/mol. The Kier molecular flexibility index (Phi) is 1.69. The van der Waals surface area contributed by atoms with E-state index in [1.807, 2.05) is 17.8 Å². The lowest BCUT2D eigenvalue weighted by Gasteiger charge is -2.01. The van der Waals surface area contributed by atoms with E-state index in [4.69, 9.17) is 5.73 Å². The second kappa shape index (κ2) is 2.73. The molecule has 0 saturated heterocycles. The van der Waals surface area contributed by atoms with Gasteiger partial charge < -0.3 is 0 Å². The Balaban J connectivity index is 2.87. The zero-order chi connectivity index (χ0) is 9.42. The summed E-state index contributed by atoms with van der Waals surface area (Å²) in [5.41, 5.74) is 7.20. The van der Waals surface area contributed by atoms with Gasteiger partial charge in [0.2, 0.25) is 0 Å². The van der Waals surface area contributed by atoms with Crippen molar-refractivity contribution in [1.82, 2.24) is 0 Å². The molecule has 0 atom stereocenters. The van der Waals surface area contributed by atoms with Crippen molar-refractivity contribution in [2.45, 2.75) is 6.92 Å². The van der Waals surface area contributed by atoms with E-state index in [0.29, 0.717) is 0 Å². The van der Waals surface area contributed by atoms with E-state index in [1.165, 1.54) is 10.9 Å².